The summed E-state index contributed by atoms with van der Waals surface area (Å²) in [6, 6.07) is -0.323. The van der Waals surface area contributed by atoms with Crippen molar-refractivity contribution >= 4 is 5.91 Å². The molecule has 1 heterocycles. The highest BCUT2D eigenvalue weighted by molar-refractivity contribution is 5.86. The Hall–Kier alpha value is -0.610. The second kappa shape index (κ2) is 3.69. The van der Waals surface area contributed by atoms with Gasteiger partial charge >= 0.3 is 0 Å². The zero-order valence-corrected chi connectivity index (χ0v) is 6.75. The zero-order chi connectivity index (χ0) is 8.27. The van der Waals surface area contributed by atoms with E-state index in [4.69, 9.17) is 10.6 Å². The van der Waals surface area contributed by atoms with Gasteiger partial charge in [-0.2, -0.15) is 0 Å². The van der Waals surface area contributed by atoms with Crippen molar-refractivity contribution in [2.45, 2.75) is 25.8 Å². The van der Waals surface area contributed by atoms with Gasteiger partial charge < -0.3 is 5.73 Å². The number of unbranched alkanes of at least 4 members (excludes halogenated alkanes) is 1. The number of β-lactam (4-membered cyclic amide) rings is 1. The summed E-state index contributed by atoms with van der Waals surface area (Å²) >= 11 is 0. The van der Waals surface area contributed by atoms with Gasteiger partial charge in [-0.05, 0) is 6.42 Å². The first-order chi connectivity index (χ1) is 5.25. The highest BCUT2D eigenvalue weighted by atomic mass is 16.7. The van der Waals surface area contributed by atoms with E-state index in [2.05, 4.69) is 6.92 Å². The molecule has 0 aliphatic carbocycles. The van der Waals surface area contributed by atoms with Crippen LogP contribution in [0.4, 0.5) is 0 Å². The van der Waals surface area contributed by atoms with Crippen molar-refractivity contribution in [2.24, 2.45) is 5.73 Å². The van der Waals surface area contributed by atoms with Gasteiger partial charge in [-0.1, -0.05) is 13.3 Å². The Morgan fingerprint density at radius 1 is 1.82 bits per heavy atom. The van der Waals surface area contributed by atoms with Gasteiger partial charge in [0, 0.05) is 0 Å². The molecule has 11 heavy (non-hydrogen) atoms. The number of hydrogen-bond acceptors (Lipinski definition) is 3. The van der Waals surface area contributed by atoms with Crippen molar-refractivity contribution in [1.29, 1.82) is 0 Å². The average molecular weight is 158 g/mol. The van der Waals surface area contributed by atoms with E-state index < -0.39 is 0 Å². The summed E-state index contributed by atoms with van der Waals surface area (Å²) in [7, 11) is 0. The molecule has 1 fully saturated rings. The number of hydroxylamine groups is 2. The van der Waals surface area contributed by atoms with Crippen LogP contribution < -0.4 is 5.73 Å². The van der Waals surface area contributed by atoms with Crippen LogP contribution in [-0.4, -0.2) is 30.2 Å². The monoisotopic (exact) mass is 158 g/mol. The van der Waals surface area contributed by atoms with Gasteiger partial charge in [0.2, 0.25) is 0 Å². The molecule has 0 spiro atoms. The first kappa shape index (κ1) is 8.49. The summed E-state index contributed by atoms with van der Waals surface area (Å²) in [6.07, 6.45) is 2.06. The summed E-state index contributed by atoms with van der Waals surface area (Å²) in [5.74, 6) is -0.0962. The van der Waals surface area contributed by atoms with Crippen LogP contribution in [0, 0.1) is 0 Å². The highest BCUT2D eigenvalue weighted by Gasteiger charge is 2.34. The molecule has 1 saturated heterocycles. The fraction of sp³-hybridized carbons (Fsp3) is 0.857. The Balaban J connectivity index is 2.06. The number of carbonyl (C=O) groups excluding carboxylic acids is 1. The Labute approximate surface area is 66.3 Å². The Bertz CT molecular complexity index is 149. The molecule has 0 aromatic rings. The van der Waals surface area contributed by atoms with Crippen LogP contribution in [0.1, 0.15) is 19.8 Å². The van der Waals surface area contributed by atoms with E-state index in [9.17, 15) is 4.79 Å². The number of hydrogen-bond donors (Lipinski definition) is 1. The van der Waals surface area contributed by atoms with Crippen LogP contribution in [0.25, 0.3) is 0 Å². The van der Waals surface area contributed by atoms with Crippen LogP contribution >= 0.6 is 0 Å². The predicted molar refractivity (Wildman–Crippen MR) is 40.5 cm³/mol. The fourth-order valence-electron chi connectivity index (χ4n) is 0.855. The van der Waals surface area contributed by atoms with Gasteiger partial charge in [-0.3, -0.25) is 9.63 Å². The predicted octanol–water partition coefficient (Wildman–Crippen LogP) is -0.112. The summed E-state index contributed by atoms with van der Waals surface area (Å²) in [5, 5.41) is 1.33. The molecule has 0 radical (unpaired) electrons. The Morgan fingerprint density at radius 3 is 3.00 bits per heavy atom. The van der Waals surface area contributed by atoms with Crippen LogP contribution in [0.3, 0.4) is 0 Å². The van der Waals surface area contributed by atoms with E-state index in [0.717, 1.165) is 12.8 Å². The lowest BCUT2D eigenvalue weighted by atomic mass is 10.2. The molecule has 0 aromatic carbocycles. The molecular weight excluding hydrogens is 144 g/mol. The molecule has 0 aromatic heterocycles. The minimum Gasteiger partial charge on any atom is -0.318 e. The second-order valence-electron chi connectivity index (χ2n) is 2.69. The molecule has 0 saturated carbocycles. The number of nitrogens with two attached hydrogens (primary N) is 1. The van der Waals surface area contributed by atoms with Crippen molar-refractivity contribution in [2.75, 3.05) is 13.2 Å². The van der Waals surface area contributed by atoms with Crippen LogP contribution in [-0.2, 0) is 9.63 Å². The van der Waals surface area contributed by atoms with E-state index in [1.54, 1.807) is 0 Å². The third-order valence-electron chi connectivity index (χ3n) is 1.67. The fourth-order valence-corrected chi connectivity index (χ4v) is 0.855. The van der Waals surface area contributed by atoms with Gasteiger partial charge in [-0.25, -0.2) is 5.06 Å². The first-order valence-corrected chi connectivity index (χ1v) is 3.95. The van der Waals surface area contributed by atoms with Crippen molar-refractivity contribution < 1.29 is 9.63 Å². The highest BCUT2D eigenvalue weighted by Crippen LogP contribution is 2.08. The van der Waals surface area contributed by atoms with E-state index in [1.807, 2.05) is 0 Å². The van der Waals surface area contributed by atoms with Crippen LogP contribution in [0.15, 0.2) is 0 Å². The molecule has 4 nitrogen and oxygen atoms in total. The maximum Gasteiger partial charge on any atom is 0.265 e. The zero-order valence-electron chi connectivity index (χ0n) is 6.75. The number of rotatable bonds is 4. The van der Waals surface area contributed by atoms with Crippen molar-refractivity contribution in [3.63, 3.8) is 0 Å². The lowest BCUT2D eigenvalue weighted by molar-refractivity contribution is -0.211. The SMILES string of the molecule is CCCCON1C[C@@H](N)C1=O. The van der Waals surface area contributed by atoms with Gasteiger partial charge in [0.25, 0.3) is 5.91 Å². The molecule has 2 N–H and O–H groups in total. The maximum absolute atomic E-state index is 10.8. The molecule has 1 rings (SSSR count). The normalized spacial score (nSPS) is 23.6. The first-order valence-electron chi connectivity index (χ1n) is 3.95. The van der Waals surface area contributed by atoms with Crippen molar-refractivity contribution in [1.82, 2.24) is 5.06 Å². The van der Waals surface area contributed by atoms with E-state index in [-0.39, 0.29) is 11.9 Å². The number of amides is 1. The summed E-state index contributed by atoms with van der Waals surface area (Å²) in [5.41, 5.74) is 5.35. The van der Waals surface area contributed by atoms with E-state index in [0.29, 0.717) is 13.2 Å². The Morgan fingerprint density at radius 2 is 2.55 bits per heavy atom. The lowest BCUT2D eigenvalue weighted by Crippen LogP contribution is -2.60. The van der Waals surface area contributed by atoms with Gasteiger partial charge in [0.1, 0.15) is 6.04 Å². The molecular formula is C7H14N2O2. The average Bonchev–Trinajstić information content (AvgIpc) is 2.03. The molecule has 1 amide bonds. The van der Waals surface area contributed by atoms with Gasteiger partial charge in [-0.15, -0.1) is 0 Å². The third kappa shape index (κ3) is 1.91. The van der Waals surface area contributed by atoms with Crippen LogP contribution in [0.5, 0.6) is 0 Å². The van der Waals surface area contributed by atoms with Crippen molar-refractivity contribution in [3.05, 3.63) is 0 Å². The van der Waals surface area contributed by atoms with E-state index in [1.165, 1.54) is 5.06 Å². The largest absolute Gasteiger partial charge is 0.318 e. The smallest absolute Gasteiger partial charge is 0.265 e. The van der Waals surface area contributed by atoms with Gasteiger partial charge in [0.05, 0.1) is 13.2 Å². The second-order valence-corrected chi connectivity index (χ2v) is 2.69. The molecule has 1 atom stereocenters. The molecule has 64 valence electrons. The summed E-state index contributed by atoms with van der Waals surface area (Å²) in [6.45, 7) is 3.24. The molecule has 1 aliphatic rings. The van der Waals surface area contributed by atoms with E-state index >= 15 is 0 Å². The molecule has 1 aliphatic heterocycles. The number of carbonyl (C=O) groups is 1. The minimum absolute atomic E-state index is 0.0962. The Kier molecular flexibility index (Phi) is 2.84. The minimum atomic E-state index is -0.323. The standard InChI is InChI=1S/C7H14N2O2/c1-2-3-4-11-9-5-6(8)7(9)10/h6H,2-5,8H2,1H3/t6-/m1/s1. The topological polar surface area (TPSA) is 55.6 Å². The number of nitrogens with zero attached hydrogens (tertiary/aromatic N) is 1. The molecule has 0 unspecified atom stereocenters. The van der Waals surface area contributed by atoms with Crippen LogP contribution in [0.2, 0.25) is 0 Å². The third-order valence-corrected chi connectivity index (χ3v) is 1.67. The maximum atomic E-state index is 10.8. The quantitative estimate of drug-likeness (QED) is 0.458. The molecule has 4 heteroatoms. The summed E-state index contributed by atoms with van der Waals surface area (Å²) in [4.78, 5) is 15.9. The molecule has 0 bridgehead atoms. The van der Waals surface area contributed by atoms with Crippen molar-refractivity contribution in [3.8, 4) is 0 Å². The van der Waals surface area contributed by atoms with Gasteiger partial charge in [0.15, 0.2) is 0 Å². The lowest BCUT2D eigenvalue weighted by Gasteiger charge is -2.34. The summed E-state index contributed by atoms with van der Waals surface area (Å²) < 4.78 is 0.